The highest BCUT2D eigenvalue weighted by Gasteiger charge is 2.21. The summed E-state index contributed by atoms with van der Waals surface area (Å²) in [4.78, 5) is 36.3. The second kappa shape index (κ2) is 8.78. The Morgan fingerprint density at radius 1 is 1.19 bits per heavy atom. The van der Waals surface area contributed by atoms with Crippen molar-refractivity contribution in [3.8, 4) is 0 Å². The molecule has 7 nitrogen and oxygen atoms in total. The molecule has 1 aliphatic heterocycles. The van der Waals surface area contributed by atoms with Crippen LogP contribution in [0.5, 0.6) is 0 Å². The van der Waals surface area contributed by atoms with Gasteiger partial charge >= 0.3 is 0 Å². The molecule has 1 N–H and O–H groups in total. The lowest BCUT2D eigenvalue weighted by atomic mass is 9.97. The van der Waals surface area contributed by atoms with Crippen molar-refractivity contribution in [3.05, 3.63) is 29.6 Å². The number of hydrogen-bond acceptors (Lipinski definition) is 5. The number of nitrogens with zero attached hydrogens (tertiary/aromatic N) is 4. The zero-order chi connectivity index (χ0) is 18.4. The number of piperazine rings is 1. The van der Waals surface area contributed by atoms with Gasteiger partial charge in [0.1, 0.15) is 5.69 Å². The Bertz CT molecular complexity index is 680. The van der Waals surface area contributed by atoms with Crippen LogP contribution in [0.1, 0.15) is 49.5 Å². The van der Waals surface area contributed by atoms with E-state index < -0.39 is 0 Å². The first kappa shape index (κ1) is 18.4. The third kappa shape index (κ3) is 4.80. The molecule has 0 spiro atoms. The van der Waals surface area contributed by atoms with Crippen LogP contribution < -0.4 is 10.2 Å². The highest BCUT2D eigenvalue weighted by molar-refractivity contribution is 5.92. The summed E-state index contributed by atoms with van der Waals surface area (Å²) < 4.78 is 0. The molecule has 3 rings (SSSR count). The number of aromatic nitrogens is 2. The Morgan fingerprint density at radius 3 is 2.69 bits per heavy atom. The molecule has 1 aromatic rings. The van der Waals surface area contributed by atoms with E-state index in [0.29, 0.717) is 44.4 Å². The molecule has 2 heterocycles. The van der Waals surface area contributed by atoms with E-state index in [1.165, 1.54) is 18.4 Å². The quantitative estimate of drug-likeness (QED) is 0.813. The second-order valence-corrected chi connectivity index (χ2v) is 6.85. The van der Waals surface area contributed by atoms with E-state index in [9.17, 15) is 9.59 Å². The highest BCUT2D eigenvalue weighted by atomic mass is 16.2. The summed E-state index contributed by atoms with van der Waals surface area (Å²) in [6.45, 7) is 4.90. The van der Waals surface area contributed by atoms with Gasteiger partial charge in [0.2, 0.25) is 11.9 Å². The molecule has 140 valence electrons. The Labute approximate surface area is 154 Å². The van der Waals surface area contributed by atoms with E-state index in [-0.39, 0.29) is 11.8 Å². The Hall–Kier alpha value is -2.44. The maximum atomic E-state index is 12.4. The van der Waals surface area contributed by atoms with Crippen LogP contribution >= 0.6 is 0 Å². The van der Waals surface area contributed by atoms with Crippen LogP contribution in [0.15, 0.2) is 23.9 Å². The summed E-state index contributed by atoms with van der Waals surface area (Å²) in [6.07, 6.45) is 9.69. The number of amides is 2. The molecule has 1 aromatic heterocycles. The predicted molar refractivity (Wildman–Crippen MR) is 100 cm³/mol. The van der Waals surface area contributed by atoms with Gasteiger partial charge in [0.15, 0.2) is 0 Å². The van der Waals surface area contributed by atoms with Crippen molar-refractivity contribution in [2.45, 2.75) is 39.0 Å². The third-order valence-corrected chi connectivity index (χ3v) is 5.00. The summed E-state index contributed by atoms with van der Waals surface area (Å²) in [5.74, 6) is 0.482. The number of carbonyl (C=O) groups excluding carboxylic acids is 2. The van der Waals surface area contributed by atoms with Crippen LogP contribution in [0.3, 0.4) is 0 Å². The fourth-order valence-corrected chi connectivity index (χ4v) is 3.41. The minimum Gasteiger partial charge on any atom is -0.350 e. The van der Waals surface area contributed by atoms with Crippen molar-refractivity contribution in [2.24, 2.45) is 0 Å². The van der Waals surface area contributed by atoms with Crippen molar-refractivity contribution in [1.29, 1.82) is 0 Å². The molecular weight excluding hydrogens is 330 g/mol. The second-order valence-electron chi connectivity index (χ2n) is 6.85. The number of rotatable bonds is 5. The third-order valence-electron chi connectivity index (χ3n) is 5.00. The first-order valence-corrected chi connectivity index (χ1v) is 9.43. The van der Waals surface area contributed by atoms with Crippen molar-refractivity contribution in [3.63, 3.8) is 0 Å². The average Bonchev–Trinajstić information content (AvgIpc) is 2.69. The minimum absolute atomic E-state index is 0.0896. The Balaban J connectivity index is 1.52. The van der Waals surface area contributed by atoms with Gasteiger partial charge in [0.05, 0.1) is 0 Å². The van der Waals surface area contributed by atoms with E-state index in [4.69, 9.17) is 0 Å². The van der Waals surface area contributed by atoms with Gasteiger partial charge in [0, 0.05) is 45.8 Å². The lowest BCUT2D eigenvalue weighted by Crippen LogP contribution is -2.48. The number of nitrogens with one attached hydrogen (secondary N) is 1. The van der Waals surface area contributed by atoms with E-state index in [2.05, 4.69) is 21.4 Å². The number of hydrogen-bond donors (Lipinski definition) is 1. The molecule has 1 fully saturated rings. The molecule has 0 aromatic carbocycles. The van der Waals surface area contributed by atoms with Gasteiger partial charge in [-0.2, -0.15) is 0 Å². The molecule has 0 atom stereocenters. The fraction of sp³-hybridized carbons (Fsp3) is 0.579. The summed E-state index contributed by atoms with van der Waals surface area (Å²) in [7, 11) is 0. The fourth-order valence-electron chi connectivity index (χ4n) is 3.41. The lowest BCUT2D eigenvalue weighted by molar-refractivity contribution is -0.129. The molecule has 2 aliphatic rings. The summed E-state index contributed by atoms with van der Waals surface area (Å²) in [5, 5.41) is 2.96. The van der Waals surface area contributed by atoms with Gasteiger partial charge in [-0.1, -0.05) is 11.6 Å². The highest BCUT2D eigenvalue weighted by Crippen LogP contribution is 2.19. The standard InChI is InChI=1S/C19H27N5O2/c1-15(25)23-11-13-24(14-12-23)19-21-10-8-17(22-19)18(26)20-9-7-16-5-3-2-4-6-16/h5,8,10H,2-4,6-7,9,11-14H2,1H3,(H,20,26). The maximum Gasteiger partial charge on any atom is 0.270 e. The molecule has 0 radical (unpaired) electrons. The van der Waals surface area contributed by atoms with Crippen LogP contribution in [0.25, 0.3) is 0 Å². The number of carbonyl (C=O) groups is 2. The predicted octanol–water partition coefficient (Wildman–Crippen LogP) is 1.77. The minimum atomic E-state index is -0.160. The first-order valence-electron chi connectivity index (χ1n) is 9.43. The van der Waals surface area contributed by atoms with E-state index in [1.807, 2.05) is 9.80 Å². The SMILES string of the molecule is CC(=O)N1CCN(c2nccc(C(=O)NCCC3=CCCCC3)n2)CC1. The molecule has 0 saturated carbocycles. The summed E-state index contributed by atoms with van der Waals surface area (Å²) in [5.41, 5.74) is 1.84. The van der Waals surface area contributed by atoms with E-state index in [1.54, 1.807) is 19.2 Å². The van der Waals surface area contributed by atoms with Gasteiger partial charge in [-0.3, -0.25) is 9.59 Å². The molecule has 2 amide bonds. The van der Waals surface area contributed by atoms with Gasteiger partial charge in [-0.05, 0) is 38.2 Å². The van der Waals surface area contributed by atoms with Gasteiger partial charge in [0.25, 0.3) is 5.91 Å². The van der Waals surface area contributed by atoms with Gasteiger partial charge < -0.3 is 15.1 Å². The van der Waals surface area contributed by atoms with Crippen molar-refractivity contribution < 1.29 is 9.59 Å². The molecule has 0 bridgehead atoms. The topological polar surface area (TPSA) is 78.4 Å². The molecule has 1 aliphatic carbocycles. The van der Waals surface area contributed by atoms with Crippen LogP contribution in [0.4, 0.5) is 5.95 Å². The zero-order valence-electron chi connectivity index (χ0n) is 15.4. The maximum absolute atomic E-state index is 12.4. The largest absolute Gasteiger partial charge is 0.350 e. The van der Waals surface area contributed by atoms with Gasteiger partial charge in [-0.15, -0.1) is 0 Å². The summed E-state index contributed by atoms with van der Waals surface area (Å²) in [6, 6.07) is 1.64. The summed E-state index contributed by atoms with van der Waals surface area (Å²) >= 11 is 0. The molecule has 1 saturated heterocycles. The van der Waals surface area contributed by atoms with Gasteiger partial charge in [-0.25, -0.2) is 9.97 Å². The van der Waals surface area contributed by atoms with Crippen molar-refractivity contribution in [2.75, 3.05) is 37.6 Å². The monoisotopic (exact) mass is 357 g/mol. The normalized spacial score (nSPS) is 17.7. The van der Waals surface area contributed by atoms with Crippen LogP contribution in [-0.4, -0.2) is 59.4 Å². The van der Waals surface area contributed by atoms with E-state index >= 15 is 0 Å². The first-order chi connectivity index (χ1) is 12.6. The molecule has 0 unspecified atom stereocenters. The number of anilines is 1. The number of allylic oxidation sites excluding steroid dienone is 1. The zero-order valence-corrected chi connectivity index (χ0v) is 15.4. The molecular formula is C19H27N5O2. The van der Waals surface area contributed by atoms with E-state index in [0.717, 1.165) is 19.3 Å². The van der Waals surface area contributed by atoms with Crippen LogP contribution in [-0.2, 0) is 4.79 Å². The molecule has 7 heteroatoms. The van der Waals surface area contributed by atoms with Crippen molar-refractivity contribution in [1.82, 2.24) is 20.2 Å². The lowest BCUT2D eigenvalue weighted by Gasteiger charge is -2.34. The van der Waals surface area contributed by atoms with Crippen LogP contribution in [0, 0.1) is 0 Å². The van der Waals surface area contributed by atoms with Crippen molar-refractivity contribution >= 4 is 17.8 Å². The Kier molecular flexibility index (Phi) is 6.20. The average molecular weight is 357 g/mol. The smallest absolute Gasteiger partial charge is 0.270 e. The molecule has 26 heavy (non-hydrogen) atoms. The van der Waals surface area contributed by atoms with Crippen LogP contribution in [0.2, 0.25) is 0 Å². The Morgan fingerprint density at radius 2 is 2.00 bits per heavy atom.